The Labute approximate surface area is 113 Å². The molecule has 19 heavy (non-hydrogen) atoms. The van der Waals surface area contributed by atoms with Crippen molar-refractivity contribution in [3.63, 3.8) is 0 Å². The summed E-state index contributed by atoms with van der Waals surface area (Å²) in [5.41, 5.74) is 1.71. The molecule has 102 valence electrons. The van der Waals surface area contributed by atoms with Crippen LogP contribution in [0.25, 0.3) is 0 Å². The molecule has 0 amide bonds. The van der Waals surface area contributed by atoms with Crippen LogP contribution in [-0.2, 0) is 0 Å². The van der Waals surface area contributed by atoms with Crippen molar-refractivity contribution >= 4 is 11.5 Å². The number of carbonyl (C=O) groups excluding carboxylic acids is 1. The lowest BCUT2D eigenvalue weighted by atomic mass is 10.0. The lowest BCUT2D eigenvalue weighted by Gasteiger charge is -2.27. The predicted molar refractivity (Wildman–Crippen MR) is 75.0 cm³/mol. The number of fused-ring (bicyclic) bond motifs is 1. The SMILES string of the molecule is CCC1CNc2cc(C(=O)C3CCCN3)ccc2O1. The normalized spacial score (nSPS) is 25.3. The van der Waals surface area contributed by atoms with E-state index in [1.165, 1.54) is 0 Å². The summed E-state index contributed by atoms with van der Waals surface area (Å²) >= 11 is 0. The molecule has 2 N–H and O–H groups in total. The number of Topliss-reactive ketones (excluding diaryl/α,β-unsaturated/α-hetero) is 1. The molecule has 2 unspecified atom stereocenters. The maximum atomic E-state index is 12.3. The van der Waals surface area contributed by atoms with Crippen LogP contribution >= 0.6 is 0 Å². The number of ketones is 1. The second-order valence-electron chi connectivity index (χ2n) is 5.25. The molecule has 1 aromatic rings. The average Bonchev–Trinajstić information content (AvgIpc) is 2.99. The van der Waals surface area contributed by atoms with Gasteiger partial charge in [-0.25, -0.2) is 0 Å². The zero-order valence-electron chi connectivity index (χ0n) is 11.2. The van der Waals surface area contributed by atoms with Crippen LogP contribution in [0.5, 0.6) is 5.75 Å². The van der Waals surface area contributed by atoms with Gasteiger partial charge in [-0.2, -0.15) is 0 Å². The Morgan fingerprint density at radius 2 is 2.37 bits per heavy atom. The maximum absolute atomic E-state index is 12.3. The van der Waals surface area contributed by atoms with Gasteiger partial charge in [0.05, 0.1) is 18.3 Å². The van der Waals surface area contributed by atoms with Crippen LogP contribution in [0, 0.1) is 0 Å². The molecular formula is C15H20N2O2. The van der Waals surface area contributed by atoms with Crippen molar-refractivity contribution in [2.45, 2.75) is 38.3 Å². The van der Waals surface area contributed by atoms with Gasteiger partial charge in [-0.05, 0) is 44.0 Å². The molecule has 0 aromatic heterocycles. The van der Waals surface area contributed by atoms with E-state index in [-0.39, 0.29) is 17.9 Å². The van der Waals surface area contributed by atoms with E-state index >= 15 is 0 Å². The van der Waals surface area contributed by atoms with Gasteiger partial charge in [-0.1, -0.05) is 6.92 Å². The highest BCUT2D eigenvalue weighted by Gasteiger charge is 2.25. The monoisotopic (exact) mass is 260 g/mol. The molecule has 1 fully saturated rings. The summed E-state index contributed by atoms with van der Waals surface area (Å²) in [6.45, 7) is 3.87. The fraction of sp³-hybridized carbons (Fsp3) is 0.533. The number of nitrogens with one attached hydrogen (secondary N) is 2. The molecule has 4 heteroatoms. The molecule has 1 aromatic carbocycles. The van der Waals surface area contributed by atoms with Crippen molar-refractivity contribution in [2.24, 2.45) is 0 Å². The van der Waals surface area contributed by atoms with Crippen LogP contribution in [0.4, 0.5) is 5.69 Å². The van der Waals surface area contributed by atoms with Gasteiger partial charge in [0.15, 0.2) is 5.78 Å². The minimum absolute atomic E-state index is 0.00838. The van der Waals surface area contributed by atoms with Crippen LogP contribution in [0.15, 0.2) is 18.2 Å². The van der Waals surface area contributed by atoms with Crippen LogP contribution < -0.4 is 15.4 Å². The molecule has 3 rings (SSSR count). The molecule has 1 saturated heterocycles. The molecule has 0 saturated carbocycles. The minimum atomic E-state index is -0.00838. The van der Waals surface area contributed by atoms with Gasteiger partial charge in [-0.15, -0.1) is 0 Å². The first-order valence-electron chi connectivity index (χ1n) is 7.10. The summed E-state index contributed by atoms with van der Waals surface area (Å²) in [6, 6.07) is 5.70. The third kappa shape index (κ3) is 2.45. The lowest BCUT2D eigenvalue weighted by Crippen LogP contribution is -2.32. The number of benzene rings is 1. The fourth-order valence-electron chi connectivity index (χ4n) is 2.71. The van der Waals surface area contributed by atoms with Crippen LogP contribution in [-0.4, -0.2) is 31.0 Å². The Kier molecular flexibility index (Phi) is 3.42. The molecule has 0 spiro atoms. The van der Waals surface area contributed by atoms with E-state index in [9.17, 15) is 4.79 Å². The minimum Gasteiger partial charge on any atom is -0.486 e. The van der Waals surface area contributed by atoms with Crippen LogP contribution in [0.3, 0.4) is 0 Å². The van der Waals surface area contributed by atoms with E-state index in [4.69, 9.17) is 4.74 Å². The van der Waals surface area contributed by atoms with Gasteiger partial charge in [0.2, 0.25) is 0 Å². The molecule has 2 aliphatic rings. The van der Waals surface area contributed by atoms with Crippen molar-refractivity contribution in [2.75, 3.05) is 18.4 Å². The summed E-state index contributed by atoms with van der Waals surface area (Å²) in [6.07, 6.45) is 3.24. The highest BCUT2D eigenvalue weighted by atomic mass is 16.5. The van der Waals surface area contributed by atoms with Gasteiger partial charge < -0.3 is 15.4 Å². The summed E-state index contributed by atoms with van der Waals surface area (Å²) in [4.78, 5) is 12.3. The molecule has 2 heterocycles. The summed E-state index contributed by atoms with van der Waals surface area (Å²) in [5.74, 6) is 1.05. The summed E-state index contributed by atoms with van der Waals surface area (Å²) in [5, 5.41) is 6.60. The van der Waals surface area contributed by atoms with Crippen molar-refractivity contribution in [1.29, 1.82) is 0 Å². The fourth-order valence-corrected chi connectivity index (χ4v) is 2.71. The lowest BCUT2D eigenvalue weighted by molar-refractivity contribution is 0.0952. The Bertz CT molecular complexity index is 481. The van der Waals surface area contributed by atoms with E-state index < -0.39 is 0 Å². The van der Waals surface area contributed by atoms with E-state index in [1.54, 1.807) is 0 Å². The van der Waals surface area contributed by atoms with Gasteiger partial charge >= 0.3 is 0 Å². The first-order valence-corrected chi connectivity index (χ1v) is 7.10. The van der Waals surface area contributed by atoms with E-state index in [0.717, 1.165) is 49.4 Å². The maximum Gasteiger partial charge on any atom is 0.179 e. The quantitative estimate of drug-likeness (QED) is 0.818. The number of ether oxygens (including phenoxy) is 1. The molecule has 2 aliphatic heterocycles. The van der Waals surface area contributed by atoms with Crippen LogP contribution in [0.1, 0.15) is 36.5 Å². The number of hydrogen-bond donors (Lipinski definition) is 2. The third-order valence-corrected chi connectivity index (χ3v) is 3.91. The predicted octanol–water partition coefficient (Wildman–Crippen LogP) is 2.20. The number of carbonyl (C=O) groups is 1. The smallest absolute Gasteiger partial charge is 0.179 e. The first kappa shape index (κ1) is 12.5. The van der Waals surface area contributed by atoms with E-state index in [2.05, 4.69) is 17.6 Å². The Morgan fingerprint density at radius 3 is 3.11 bits per heavy atom. The van der Waals surface area contributed by atoms with Crippen molar-refractivity contribution in [3.8, 4) is 5.75 Å². The number of rotatable bonds is 3. The van der Waals surface area contributed by atoms with Gasteiger partial charge in [0, 0.05) is 5.56 Å². The Hall–Kier alpha value is -1.55. The van der Waals surface area contributed by atoms with Gasteiger partial charge in [0.25, 0.3) is 0 Å². The highest BCUT2D eigenvalue weighted by Crippen LogP contribution is 2.31. The number of anilines is 1. The van der Waals surface area contributed by atoms with Gasteiger partial charge in [-0.3, -0.25) is 4.79 Å². The summed E-state index contributed by atoms with van der Waals surface area (Å²) in [7, 11) is 0. The van der Waals surface area contributed by atoms with Crippen molar-refractivity contribution in [3.05, 3.63) is 23.8 Å². The molecular weight excluding hydrogens is 240 g/mol. The first-order chi connectivity index (χ1) is 9.28. The van der Waals surface area contributed by atoms with Crippen molar-refractivity contribution < 1.29 is 9.53 Å². The molecule has 2 atom stereocenters. The molecule has 0 radical (unpaired) electrons. The molecule has 4 nitrogen and oxygen atoms in total. The Morgan fingerprint density at radius 1 is 1.47 bits per heavy atom. The average molecular weight is 260 g/mol. The van der Waals surface area contributed by atoms with E-state index in [1.807, 2.05) is 18.2 Å². The largest absolute Gasteiger partial charge is 0.486 e. The highest BCUT2D eigenvalue weighted by molar-refractivity contribution is 6.01. The zero-order chi connectivity index (χ0) is 13.2. The topological polar surface area (TPSA) is 50.4 Å². The summed E-state index contributed by atoms with van der Waals surface area (Å²) < 4.78 is 5.85. The van der Waals surface area contributed by atoms with Gasteiger partial charge in [0.1, 0.15) is 11.9 Å². The van der Waals surface area contributed by atoms with Crippen molar-refractivity contribution in [1.82, 2.24) is 5.32 Å². The Balaban J connectivity index is 1.79. The molecule has 0 aliphatic carbocycles. The van der Waals surface area contributed by atoms with Crippen LogP contribution in [0.2, 0.25) is 0 Å². The standard InChI is InChI=1S/C15H20N2O2/c1-2-11-9-17-13-8-10(5-6-14(13)19-11)15(18)12-4-3-7-16-12/h5-6,8,11-12,16-17H,2-4,7,9H2,1H3. The second kappa shape index (κ2) is 5.21. The number of hydrogen-bond acceptors (Lipinski definition) is 4. The molecule has 0 bridgehead atoms. The van der Waals surface area contributed by atoms with E-state index in [0.29, 0.717) is 0 Å². The zero-order valence-corrected chi connectivity index (χ0v) is 11.2. The third-order valence-electron chi connectivity index (χ3n) is 3.91. The second-order valence-corrected chi connectivity index (χ2v) is 5.25.